The molecule has 1 aliphatic heterocycles. The molecule has 86 valence electrons. The first-order valence-corrected chi connectivity index (χ1v) is 5.48. The van der Waals surface area contributed by atoms with Gasteiger partial charge in [-0.3, -0.25) is 9.89 Å². The van der Waals surface area contributed by atoms with Gasteiger partial charge in [-0.2, -0.15) is 5.10 Å². The van der Waals surface area contributed by atoms with Gasteiger partial charge >= 0.3 is 0 Å². The molecule has 1 unspecified atom stereocenters. The highest BCUT2D eigenvalue weighted by Gasteiger charge is 2.31. The van der Waals surface area contributed by atoms with Crippen LogP contribution in [0.3, 0.4) is 0 Å². The zero-order valence-corrected chi connectivity index (χ0v) is 9.45. The van der Waals surface area contributed by atoms with Crippen LogP contribution in [-0.4, -0.2) is 16.1 Å². The monoisotopic (exact) mass is 248 g/mol. The second-order valence-electron chi connectivity index (χ2n) is 3.76. The summed E-state index contributed by atoms with van der Waals surface area (Å²) in [6.07, 6.45) is 3.31. The number of aromatic amines is 1. The first-order valence-electron chi connectivity index (χ1n) is 5.10. The van der Waals surface area contributed by atoms with Crippen molar-refractivity contribution in [2.75, 3.05) is 10.6 Å². The highest BCUT2D eigenvalue weighted by Crippen LogP contribution is 2.37. The van der Waals surface area contributed by atoms with Crippen LogP contribution in [0.1, 0.15) is 11.6 Å². The minimum Gasteiger partial charge on any atom is -0.367 e. The minimum atomic E-state index is -0.429. The predicted molar refractivity (Wildman–Crippen MR) is 65.0 cm³/mol. The summed E-state index contributed by atoms with van der Waals surface area (Å²) in [5, 5.41) is 12.9. The number of aromatic nitrogens is 2. The van der Waals surface area contributed by atoms with Gasteiger partial charge in [0.2, 0.25) is 0 Å². The van der Waals surface area contributed by atoms with Gasteiger partial charge in [0.15, 0.2) is 0 Å². The van der Waals surface area contributed by atoms with Gasteiger partial charge in [0.1, 0.15) is 6.04 Å². The number of carbonyl (C=O) groups excluding carboxylic acids is 1. The summed E-state index contributed by atoms with van der Waals surface area (Å²) >= 11 is 6.02. The van der Waals surface area contributed by atoms with Gasteiger partial charge in [0.05, 0.1) is 22.6 Å². The molecule has 0 saturated carbocycles. The molecule has 1 aromatic carbocycles. The van der Waals surface area contributed by atoms with E-state index in [1.165, 1.54) is 0 Å². The van der Waals surface area contributed by atoms with Crippen molar-refractivity contribution >= 4 is 28.9 Å². The van der Waals surface area contributed by atoms with Crippen LogP contribution in [-0.2, 0) is 4.79 Å². The van der Waals surface area contributed by atoms with Crippen LogP contribution in [0, 0.1) is 0 Å². The molecule has 6 heteroatoms. The van der Waals surface area contributed by atoms with Gasteiger partial charge in [-0.1, -0.05) is 23.7 Å². The Bertz CT molecular complexity index is 567. The van der Waals surface area contributed by atoms with Crippen LogP contribution in [0.5, 0.6) is 0 Å². The number of halogens is 1. The minimum absolute atomic E-state index is 0.116. The number of nitrogens with zero attached hydrogens (tertiary/aromatic N) is 1. The normalized spacial score (nSPS) is 17.7. The van der Waals surface area contributed by atoms with Gasteiger partial charge in [-0.25, -0.2) is 0 Å². The molecule has 0 saturated heterocycles. The van der Waals surface area contributed by atoms with E-state index in [4.69, 9.17) is 11.6 Å². The van der Waals surface area contributed by atoms with Crippen molar-refractivity contribution in [1.29, 1.82) is 0 Å². The molecular formula is C11H9ClN4O. The lowest BCUT2D eigenvalue weighted by molar-refractivity contribution is -0.116. The molecule has 2 heterocycles. The summed E-state index contributed by atoms with van der Waals surface area (Å²) in [4.78, 5) is 11.8. The van der Waals surface area contributed by atoms with Crippen molar-refractivity contribution in [3.05, 3.63) is 41.2 Å². The standard InChI is InChI=1S/C11H9ClN4O/c12-8-3-1-2-7-9(8)16-11(17)10(7)15-6-4-13-14-5-6/h1-5,10,15H,(H,13,14)(H,16,17). The molecule has 0 bridgehead atoms. The van der Waals surface area contributed by atoms with E-state index in [9.17, 15) is 4.79 Å². The van der Waals surface area contributed by atoms with Gasteiger partial charge in [-0.05, 0) is 6.07 Å². The van der Waals surface area contributed by atoms with Crippen molar-refractivity contribution in [2.45, 2.75) is 6.04 Å². The number of para-hydroxylation sites is 1. The number of fused-ring (bicyclic) bond motifs is 1. The largest absolute Gasteiger partial charge is 0.367 e. The smallest absolute Gasteiger partial charge is 0.251 e. The van der Waals surface area contributed by atoms with Gasteiger partial charge < -0.3 is 10.6 Å². The molecule has 0 spiro atoms. The Morgan fingerprint density at radius 1 is 1.41 bits per heavy atom. The van der Waals surface area contributed by atoms with Gasteiger partial charge in [-0.15, -0.1) is 0 Å². The number of hydrogen-bond donors (Lipinski definition) is 3. The lowest BCUT2D eigenvalue weighted by atomic mass is 10.1. The van der Waals surface area contributed by atoms with Crippen LogP contribution >= 0.6 is 11.6 Å². The second kappa shape index (κ2) is 3.78. The van der Waals surface area contributed by atoms with Crippen molar-refractivity contribution < 1.29 is 4.79 Å². The van der Waals surface area contributed by atoms with E-state index in [0.29, 0.717) is 10.7 Å². The molecule has 3 rings (SSSR count). The summed E-state index contributed by atoms with van der Waals surface area (Å²) in [5.41, 5.74) is 2.29. The highest BCUT2D eigenvalue weighted by atomic mass is 35.5. The van der Waals surface area contributed by atoms with Crippen molar-refractivity contribution in [3.8, 4) is 0 Å². The molecule has 17 heavy (non-hydrogen) atoms. The molecule has 5 nitrogen and oxygen atoms in total. The molecule has 2 aromatic rings. The molecule has 0 radical (unpaired) electrons. The van der Waals surface area contributed by atoms with E-state index in [1.807, 2.05) is 12.1 Å². The lowest BCUT2D eigenvalue weighted by Gasteiger charge is -2.10. The van der Waals surface area contributed by atoms with E-state index >= 15 is 0 Å². The maximum Gasteiger partial charge on any atom is 0.251 e. The Morgan fingerprint density at radius 2 is 2.29 bits per heavy atom. The maximum absolute atomic E-state index is 11.8. The fraction of sp³-hybridized carbons (Fsp3) is 0.0909. The van der Waals surface area contributed by atoms with Crippen molar-refractivity contribution in [1.82, 2.24) is 10.2 Å². The molecule has 1 aliphatic rings. The maximum atomic E-state index is 11.8. The summed E-state index contributed by atoms with van der Waals surface area (Å²) in [6, 6.07) is 5.02. The van der Waals surface area contributed by atoms with E-state index in [-0.39, 0.29) is 5.91 Å². The number of amides is 1. The first kappa shape index (κ1) is 10.2. The Labute approximate surface area is 102 Å². The zero-order chi connectivity index (χ0) is 11.8. The quantitative estimate of drug-likeness (QED) is 0.763. The third-order valence-corrected chi connectivity index (χ3v) is 2.99. The highest BCUT2D eigenvalue weighted by molar-refractivity contribution is 6.34. The Hall–Kier alpha value is -2.01. The average Bonchev–Trinajstić information content (AvgIpc) is 2.91. The molecule has 1 aromatic heterocycles. The van der Waals surface area contributed by atoms with Crippen LogP contribution in [0.15, 0.2) is 30.6 Å². The van der Waals surface area contributed by atoms with Crippen LogP contribution in [0.2, 0.25) is 5.02 Å². The van der Waals surface area contributed by atoms with Gasteiger partial charge in [0, 0.05) is 11.8 Å². The van der Waals surface area contributed by atoms with Crippen molar-refractivity contribution in [2.24, 2.45) is 0 Å². The van der Waals surface area contributed by atoms with E-state index in [2.05, 4.69) is 20.8 Å². The third kappa shape index (κ3) is 1.64. The molecule has 3 N–H and O–H groups in total. The Morgan fingerprint density at radius 3 is 3.06 bits per heavy atom. The fourth-order valence-corrected chi connectivity index (χ4v) is 2.12. The number of carbonyl (C=O) groups is 1. The summed E-state index contributed by atoms with van der Waals surface area (Å²) in [7, 11) is 0. The summed E-state index contributed by atoms with van der Waals surface area (Å²) < 4.78 is 0. The number of H-pyrrole nitrogens is 1. The fourth-order valence-electron chi connectivity index (χ4n) is 1.89. The predicted octanol–water partition coefficient (Wildman–Crippen LogP) is 2.17. The number of benzene rings is 1. The Kier molecular flexibility index (Phi) is 2.26. The Balaban J connectivity index is 1.97. The van der Waals surface area contributed by atoms with E-state index in [0.717, 1.165) is 11.3 Å². The average molecular weight is 249 g/mol. The number of rotatable bonds is 2. The van der Waals surface area contributed by atoms with Gasteiger partial charge in [0.25, 0.3) is 5.91 Å². The van der Waals surface area contributed by atoms with Crippen LogP contribution < -0.4 is 10.6 Å². The van der Waals surface area contributed by atoms with E-state index in [1.54, 1.807) is 18.5 Å². The third-order valence-electron chi connectivity index (χ3n) is 2.68. The molecule has 0 fully saturated rings. The molecule has 1 atom stereocenters. The second-order valence-corrected chi connectivity index (χ2v) is 4.16. The molecule has 1 amide bonds. The SMILES string of the molecule is O=C1Nc2c(Cl)cccc2C1Nc1cn[nH]c1. The number of hydrogen-bond acceptors (Lipinski definition) is 3. The van der Waals surface area contributed by atoms with E-state index < -0.39 is 6.04 Å². The lowest BCUT2D eigenvalue weighted by Crippen LogP contribution is -2.19. The molecular weight excluding hydrogens is 240 g/mol. The van der Waals surface area contributed by atoms with Crippen LogP contribution in [0.4, 0.5) is 11.4 Å². The number of nitrogens with one attached hydrogen (secondary N) is 3. The van der Waals surface area contributed by atoms with Crippen molar-refractivity contribution in [3.63, 3.8) is 0 Å². The topological polar surface area (TPSA) is 69.8 Å². The zero-order valence-electron chi connectivity index (χ0n) is 8.70. The molecule has 0 aliphatic carbocycles. The first-order chi connectivity index (χ1) is 8.25. The summed E-state index contributed by atoms with van der Waals surface area (Å²) in [5.74, 6) is -0.116. The number of anilines is 2. The van der Waals surface area contributed by atoms with Crippen LogP contribution in [0.25, 0.3) is 0 Å². The summed E-state index contributed by atoms with van der Waals surface area (Å²) in [6.45, 7) is 0.